The van der Waals surface area contributed by atoms with Crippen LogP contribution in [0.5, 0.6) is 0 Å². The normalized spacial score (nSPS) is 18.0. The third-order valence-electron chi connectivity index (χ3n) is 4.02. The van der Waals surface area contributed by atoms with Gasteiger partial charge in [0.05, 0.1) is 5.75 Å². The average molecular weight is 310 g/mol. The Balaban J connectivity index is 1.81. The van der Waals surface area contributed by atoms with Gasteiger partial charge in [0.15, 0.2) is 0 Å². The molecule has 0 radical (unpaired) electrons. The SMILES string of the molecule is CCCNC1CCN(S(=O)(=O)CCc2ccccc2)CC1. The number of aryl methyl sites for hydroxylation is 1. The number of rotatable bonds is 7. The summed E-state index contributed by atoms with van der Waals surface area (Å²) in [5.41, 5.74) is 1.08. The van der Waals surface area contributed by atoms with E-state index in [1.165, 1.54) is 0 Å². The number of nitrogens with one attached hydrogen (secondary N) is 1. The zero-order valence-electron chi connectivity index (χ0n) is 12.8. The molecule has 5 heteroatoms. The van der Waals surface area contributed by atoms with Gasteiger partial charge in [-0.05, 0) is 37.8 Å². The number of nitrogens with zero attached hydrogens (tertiary/aromatic N) is 1. The van der Waals surface area contributed by atoms with Crippen molar-refractivity contribution in [3.05, 3.63) is 35.9 Å². The number of hydrogen-bond acceptors (Lipinski definition) is 3. The molecule has 0 unspecified atom stereocenters. The van der Waals surface area contributed by atoms with Crippen molar-refractivity contribution in [2.75, 3.05) is 25.4 Å². The molecule has 0 spiro atoms. The van der Waals surface area contributed by atoms with E-state index in [1.54, 1.807) is 4.31 Å². The van der Waals surface area contributed by atoms with Crippen LogP contribution < -0.4 is 5.32 Å². The predicted molar refractivity (Wildman–Crippen MR) is 86.8 cm³/mol. The highest BCUT2D eigenvalue weighted by Crippen LogP contribution is 2.15. The second-order valence-electron chi connectivity index (χ2n) is 5.68. The number of hydrogen-bond donors (Lipinski definition) is 1. The third-order valence-corrected chi connectivity index (χ3v) is 5.89. The van der Waals surface area contributed by atoms with Crippen LogP contribution in [0.15, 0.2) is 30.3 Å². The molecular weight excluding hydrogens is 284 g/mol. The minimum absolute atomic E-state index is 0.212. The van der Waals surface area contributed by atoms with Crippen LogP contribution in [-0.2, 0) is 16.4 Å². The molecule has 0 aliphatic carbocycles. The quantitative estimate of drug-likeness (QED) is 0.838. The second-order valence-corrected chi connectivity index (χ2v) is 7.77. The molecule has 1 saturated heterocycles. The summed E-state index contributed by atoms with van der Waals surface area (Å²) in [4.78, 5) is 0. The fraction of sp³-hybridized carbons (Fsp3) is 0.625. The lowest BCUT2D eigenvalue weighted by Gasteiger charge is -2.31. The Morgan fingerprint density at radius 1 is 1.19 bits per heavy atom. The fourth-order valence-electron chi connectivity index (χ4n) is 2.71. The average Bonchev–Trinajstić information content (AvgIpc) is 2.52. The molecule has 1 aromatic rings. The van der Waals surface area contributed by atoms with Crippen LogP contribution in [0.2, 0.25) is 0 Å². The highest BCUT2D eigenvalue weighted by atomic mass is 32.2. The summed E-state index contributed by atoms with van der Waals surface area (Å²) in [7, 11) is -3.12. The number of piperidine rings is 1. The molecule has 21 heavy (non-hydrogen) atoms. The molecule has 1 fully saturated rings. The summed E-state index contributed by atoms with van der Waals surface area (Å²) < 4.78 is 26.4. The van der Waals surface area contributed by atoms with Gasteiger partial charge in [0.1, 0.15) is 0 Å². The van der Waals surface area contributed by atoms with Gasteiger partial charge in [-0.2, -0.15) is 0 Å². The molecule has 1 heterocycles. The maximum absolute atomic E-state index is 12.4. The topological polar surface area (TPSA) is 49.4 Å². The largest absolute Gasteiger partial charge is 0.314 e. The lowest BCUT2D eigenvalue weighted by atomic mass is 10.1. The minimum Gasteiger partial charge on any atom is -0.314 e. The minimum atomic E-state index is -3.12. The molecule has 1 N–H and O–H groups in total. The molecule has 0 bridgehead atoms. The van der Waals surface area contributed by atoms with E-state index in [0.29, 0.717) is 25.6 Å². The van der Waals surface area contributed by atoms with Gasteiger partial charge in [0.2, 0.25) is 10.0 Å². The maximum Gasteiger partial charge on any atom is 0.214 e. The van der Waals surface area contributed by atoms with Crippen molar-refractivity contribution in [1.29, 1.82) is 0 Å². The van der Waals surface area contributed by atoms with Gasteiger partial charge in [-0.25, -0.2) is 12.7 Å². The van der Waals surface area contributed by atoms with E-state index in [2.05, 4.69) is 12.2 Å². The molecule has 1 aliphatic rings. The lowest BCUT2D eigenvalue weighted by molar-refractivity contribution is 0.290. The van der Waals surface area contributed by atoms with Gasteiger partial charge < -0.3 is 5.32 Å². The zero-order valence-corrected chi connectivity index (χ0v) is 13.6. The van der Waals surface area contributed by atoms with Gasteiger partial charge in [-0.1, -0.05) is 37.3 Å². The van der Waals surface area contributed by atoms with E-state index >= 15 is 0 Å². The first-order valence-corrected chi connectivity index (χ1v) is 9.48. The third kappa shape index (κ3) is 5.09. The fourth-order valence-corrected chi connectivity index (χ4v) is 4.23. The summed E-state index contributed by atoms with van der Waals surface area (Å²) in [5, 5.41) is 3.48. The molecule has 0 aromatic heterocycles. The molecule has 118 valence electrons. The van der Waals surface area contributed by atoms with Crippen LogP contribution >= 0.6 is 0 Å². The molecule has 0 saturated carbocycles. The molecule has 4 nitrogen and oxygen atoms in total. The summed E-state index contributed by atoms with van der Waals surface area (Å²) in [6, 6.07) is 10.3. The Morgan fingerprint density at radius 3 is 2.48 bits per heavy atom. The summed E-state index contributed by atoms with van der Waals surface area (Å²) in [6.45, 7) is 4.47. The van der Waals surface area contributed by atoms with Crippen LogP contribution in [0.4, 0.5) is 0 Å². The van der Waals surface area contributed by atoms with Gasteiger partial charge >= 0.3 is 0 Å². The van der Waals surface area contributed by atoms with Crippen LogP contribution in [0.3, 0.4) is 0 Å². The molecule has 0 atom stereocenters. The highest BCUT2D eigenvalue weighted by Gasteiger charge is 2.27. The van der Waals surface area contributed by atoms with Crippen molar-refractivity contribution >= 4 is 10.0 Å². The molecule has 2 rings (SSSR count). The van der Waals surface area contributed by atoms with Gasteiger partial charge in [-0.3, -0.25) is 0 Å². The van der Waals surface area contributed by atoms with E-state index in [4.69, 9.17) is 0 Å². The van der Waals surface area contributed by atoms with Crippen molar-refractivity contribution < 1.29 is 8.42 Å². The summed E-state index contributed by atoms with van der Waals surface area (Å²) in [5.74, 6) is 0.212. The maximum atomic E-state index is 12.4. The van der Waals surface area contributed by atoms with Crippen molar-refractivity contribution in [2.24, 2.45) is 0 Å². The van der Waals surface area contributed by atoms with Crippen molar-refractivity contribution in [1.82, 2.24) is 9.62 Å². The first kappa shape index (κ1) is 16.5. The Bertz CT molecular complexity index is 508. The van der Waals surface area contributed by atoms with Crippen LogP contribution in [0.25, 0.3) is 0 Å². The van der Waals surface area contributed by atoms with Crippen LogP contribution in [0, 0.1) is 0 Å². The number of benzene rings is 1. The van der Waals surface area contributed by atoms with Crippen LogP contribution in [-0.4, -0.2) is 44.2 Å². The lowest BCUT2D eigenvalue weighted by Crippen LogP contribution is -2.45. The van der Waals surface area contributed by atoms with E-state index in [9.17, 15) is 8.42 Å². The van der Waals surface area contributed by atoms with E-state index < -0.39 is 10.0 Å². The molecular formula is C16H26N2O2S. The first-order chi connectivity index (χ1) is 10.1. The summed E-state index contributed by atoms with van der Waals surface area (Å²) in [6.07, 6.45) is 3.56. The predicted octanol–water partition coefficient (Wildman–Crippen LogP) is 2.02. The van der Waals surface area contributed by atoms with Gasteiger partial charge in [-0.15, -0.1) is 0 Å². The standard InChI is InChI=1S/C16H26N2O2S/c1-2-11-17-16-8-12-18(13-9-16)21(19,20)14-10-15-6-4-3-5-7-15/h3-7,16-17H,2,8-14H2,1H3. The first-order valence-electron chi connectivity index (χ1n) is 7.87. The van der Waals surface area contributed by atoms with Gasteiger partial charge in [0.25, 0.3) is 0 Å². The smallest absolute Gasteiger partial charge is 0.214 e. The monoisotopic (exact) mass is 310 g/mol. The molecule has 1 aromatic carbocycles. The molecule has 1 aliphatic heterocycles. The Hall–Kier alpha value is -0.910. The van der Waals surface area contributed by atoms with Crippen molar-refractivity contribution in [3.8, 4) is 0 Å². The Labute approximate surface area is 128 Å². The second kappa shape index (κ2) is 7.92. The Morgan fingerprint density at radius 2 is 1.86 bits per heavy atom. The highest BCUT2D eigenvalue weighted by molar-refractivity contribution is 7.89. The van der Waals surface area contributed by atoms with Crippen LogP contribution in [0.1, 0.15) is 31.7 Å². The van der Waals surface area contributed by atoms with Crippen molar-refractivity contribution in [2.45, 2.75) is 38.6 Å². The van der Waals surface area contributed by atoms with E-state index in [0.717, 1.165) is 31.4 Å². The van der Waals surface area contributed by atoms with E-state index in [-0.39, 0.29) is 5.75 Å². The van der Waals surface area contributed by atoms with E-state index in [1.807, 2.05) is 30.3 Å². The van der Waals surface area contributed by atoms with Crippen molar-refractivity contribution in [3.63, 3.8) is 0 Å². The van der Waals surface area contributed by atoms with Gasteiger partial charge in [0, 0.05) is 19.1 Å². The number of sulfonamides is 1. The molecule has 0 amide bonds. The summed E-state index contributed by atoms with van der Waals surface area (Å²) >= 11 is 0. The Kier molecular flexibility index (Phi) is 6.21. The zero-order chi connectivity index (χ0) is 15.1.